The number of fused-ring (bicyclic) bond motifs is 1. The summed E-state index contributed by atoms with van der Waals surface area (Å²) in [5.74, 6) is 0.609. The van der Waals surface area contributed by atoms with Gasteiger partial charge in [0.1, 0.15) is 11.5 Å². The van der Waals surface area contributed by atoms with E-state index in [9.17, 15) is 9.18 Å². The number of piperidine rings is 1. The van der Waals surface area contributed by atoms with E-state index >= 15 is 0 Å². The average molecular weight is 316 g/mol. The quantitative estimate of drug-likeness (QED) is 0.927. The SMILES string of the molecule is [CH2][C@H]1[C@H]2C[C@H]2CN1C(=O)c1nc(N)sc1-c1cccc(F)c1. The molecule has 4 nitrogen and oxygen atoms in total. The molecule has 1 radical (unpaired) electrons. The van der Waals surface area contributed by atoms with E-state index < -0.39 is 0 Å². The number of nitrogen functional groups attached to an aromatic ring is 1. The highest BCUT2D eigenvalue weighted by Crippen LogP contribution is 2.49. The Hall–Kier alpha value is -1.95. The lowest BCUT2D eigenvalue weighted by atomic mass is 10.1. The molecule has 113 valence electrons. The number of anilines is 1. The molecule has 22 heavy (non-hydrogen) atoms. The van der Waals surface area contributed by atoms with Crippen LogP contribution in [-0.4, -0.2) is 28.4 Å². The van der Waals surface area contributed by atoms with Gasteiger partial charge in [-0.3, -0.25) is 4.79 Å². The van der Waals surface area contributed by atoms with Crippen LogP contribution in [0.15, 0.2) is 24.3 Å². The van der Waals surface area contributed by atoms with Crippen molar-refractivity contribution < 1.29 is 9.18 Å². The van der Waals surface area contributed by atoms with Crippen LogP contribution in [0.1, 0.15) is 16.9 Å². The summed E-state index contributed by atoms with van der Waals surface area (Å²) in [6.45, 7) is 4.83. The Morgan fingerprint density at radius 1 is 1.50 bits per heavy atom. The van der Waals surface area contributed by atoms with Crippen LogP contribution in [-0.2, 0) is 0 Å². The number of nitrogens with two attached hydrogens (primary N) is 1. The maximum absolute atomic E-state index is 13.5. The number of carbonyl (C=O) groups excluding carboxylic acids is 1. The topological polar surface area (TPSA) is 59.2 Å². The second-order valence-corrected chi connectivity index (χ2v) is 6.96. The van der Waals surface area contributed by atoms with E-state index in [0.29, 0.717) is 33.1 Å². The zero-order chi connectivity index (χ0) is 15.4. The molecule has 1 aliphatic carbocycles. The van der Waals surface area contributed by atoms with Crippen molar-refractivity contribution in [3.63, 3.8) is 0 Å². The molecule has 3 atom stereocenters. The smallest absolute Gasteiger partial charge is 0.274 e. The van der Waals surface area contributed by atoms with Gasteiger partial charge in [0.05, 0.1) is 4.88 Å². The first kappa shape index (κ1) is 13.7. The van der Waals surface area contributed by atoms with Gasteiger partial charge in [-0.05, 0) is 42.9 Å². The molecule has 2 heterocycles. The Bertz CT molecular complexity index is 760. The molecule has 1 aromatic carbocycles. The molecule has 1 amide bonds. The van der Waals surface area contributed by atoms with Gasteiger partial charge in [-0.25, -0.2) is 9.37 Å². The third kappa shape index (κ3) is 2.09. The molecule has 2 N–H and O–H groups in total. The number of rotatable bonds is 2. The van der Waals surface area contributed by atoms with Crippen LogP contribution in [0, 0.1) is 24.6 Å². The van der Waals surface area contributed by atoms with Gasteiger partial charge >= 0.3 is 0 Å². The Balaban J connectivity index is 1.71. The van der Waals surface area contributed by atoms with Crippen LogP contribution in [0.25, 0.3) is 10.4 Å². The fourth-order valence-electron chi connectivity index (χ4n) is 3.25. The first-order valence-corrected chi connectivity index (χ1v) is 8.02. The van der Waals surface area contributed by atoms with Gasteiger partial charge in [-0.15, -0.1) is 0 Å². The lowest BCUT2D eigenvalue weighted by Crippen LogP contribution is -2.37. The third-order valence-electron chi connectivity index (χ3n) is 4.50. The van der Waals surface area contributed by atoms with Crippen LogP contribution >= 0.6 is 11.3 Å². The monoisotopic (exact) mass is 316 g/mol. The standard InChI is InChI=1S/C16H15FN3OS/c1-8-12-6-10(12)7-20(8)15(21)13-14(22-16(18)19-13)9-3-2-4-11(17)5-9/h2-5,8,10,12H,1,6-7H2,(H2,18,19)/t8-,10-,12+/m0/s1. The average Bonchev–Trinajstić information content (AvgIpc) is 3.05. The Labute approximate surface area is 131 Å². The minimum atomic E-state index is -0.347. The minimum Gasteiger partial charge on any atom is -0.375 e. The van der Waals surface area contributed by atoms with Crippen LogP contribution in [0.5, 0.6) is 0 Å². The van der Waals surface area contributed by atoms with E-state index in [0.717, 1.165) is 13.0 Å². The maximum Gasteiger partial charge on any atom is 0.274 e. The van der Waals surface area contributed by atoms with Crippen LogP contribution in [0.4, 0.5) is 9.52 Å². The minimum absolute atomic E-state index is 0.000726. The van der Waals surface area contributed by atoms with Gasteiger partial charge in [-0.1, -0.05) is 23.5 Å². The molecule has 1 saturated carbocycles. The number of halogens is 1. The predicted molar refractivity (Wildman–Crippen MR) is 83.7 cm³/mol. The molecule has 1 saturated heterocycles. The number of benzene rings is 1. The van der Waals surface area contributed by atoms with Crippen molar-refractivity contribution in [1.82, 2.24) is 9.88 Å². The van der Waals surface area contributed by atoms with Crippen molar-refractivity contribution in [2.75, 3.05) is 12.3 Å². The summed E-state index contributed by atoms with van der Waals surface area (Å²) in [5, 5.41) is 0.313. The van der Waals surface area contributed by atoms with Crippen molar-refractivity contribution in [1.29, 1.82) is 0 Å². The molecule has 0 bridgehead atoms. The number of hydrogen-bond donors (Lipinski definition) is 1. The Kier molecular flexibility index (Phi) is 2.97. The molecule has 6 heteroatoms. The lowest BCUT2D eigenvalue weighted by Gasteiger charge is -2.23. The first-order chi connectivity index (χ1) is 10.5. The Morgan fingerprint density at radius 3 is 3.00 bits per heavy atom. The number of nitrogens with zero attached hydrogens (tertiary/aromatic N) is 2. The number of hydrogen-bond acceptors (Lipinski definition) is 4. The maximum atomic E-state index is 13.5. The van der Waals surface area contributed by atoms with E-state index in [1.165, 1.54) is 23.5 Å². The number of likely N-dealkylation sites (tertiary alicyclic amines) is 1. The van der Waals surface area contributed by atoms with Crippen LogP contribution < -0.4 is 5.73 Å². The van der Waals surface area contributed by atoms with E-state index in [-0.39, 0.29) is 17.8 Å². The van der Waals surface area contributed by atoms with Gasteiger partial charge < -0.3 is 10.6 Å². The molecular formula is C16H15FN3OS. The van der Waals surface area contributed by atoms with Crippen molar-refractivity contribution in [3.05, 3.63) is 42.7 Å². The summed E-state index contributed by atoms with van der Waals surface area (Å²) in [4.78, 5) is 19.4. The fraction of sp³-hybridized carbons (Fsp3) is 0.312. The van der Waals surface area contributed by atoms with Crippen molar-refractivity contribution >= 4 is 22.4 Å². The van der Waals surface area contributed by atoms with Crippen molar-refractivity contribution in [2.24, 2.45) is 11.8 Å². The summed E-state index contributed by atoms with van der Waals surface area (Å²) in [6, 6.07) is 6.14. The molecular weight excluding hydrogens is 301 g/mol. The Morgan fingerprint density at radius 2 is 2.32 bits per heavy atom. The zero-order valence-corrected chi connectivity index (χ0v) is 12.6. The van der Waals surface area contributed by atoms with Gasteiger partial charge in [0.2, 0.25) is 0 Å². The number of amides is 1. The molecule has 0 unspecified atom stereocenters. The predicted octanol–water partition coefficient (Wildman–Crippen LogP) is 2.83. The molecule has 1 aromatic heterocycles. The lowest BCUT2D eigenvalue weighted by molar-refractivity contribution is 0.0732. The van der Waals surface area contributed by atoms with E-state index in [1.807, 2.05) is 0 Å². The molecule has 4 rings (SSSR count). The normalized spacial score (nSPS) is 26.1. The molecule has 1 aliphatic heterocycles. The van der Waals surface area contributed by atoms with Gasteiger partial charge in [0.25, 0.3) is 5.91 Å². The van der Waals surface area contributed by atoms with Gasteiger partial charge in [-0.2, -0.15) is 0 Å². The summed E-state index contributed by atoms with van der Waals surface area (Å²) < 4.78 is 13.5. The van der Waals surface area contributed by atoms with Crippen LogP contribution in [0.2, 0.25) is 0 Å². The largest absolute Gasteiger partial charge is 0.375 e. The van der Waals surface area contributed by atoms with E-state index in [4.69, 9.17) is 5.73 Å². The highest BCUT2D eigenvalue weighted by molar-refractivity contribution is 7.19. The highest BCUT2D eigenvalue weighted by Gasteiger charge is 2.52. The summed E-state index contributed by atoms with van der Waals surface area (Å²) in [5.41, 5.74) is 6.73. The van der Waals surface area contributed by atoms with Gasteiger partial charge in [0, 0.05) is 12.6 Å². The van der Waals surface area contributed by atoms with Crippen molar-refractivity contribution in [2.45, 2.75) is 12.5 Å². The second kappa shape index (κ2) is 4.78. The molecule has 2 aromatic rings. The van der Waals surface area contributed by atoms with Crippen molar-refractivity contribution in [3.8, 4) is 10.4 Å². The first-order valence-electron chi connectivity index (χ1n) is 7.21. The molecule has 2 fully saturated rings. The fourth-order valence-corrected chi connectivity index (χ4v) is 4.07. The van der Waals surface area contributed by atoms with Gasteiger partial charge in [0.15, 0.2) is 5.13 Å². The molecule has 0 spiro atoms. The van der Waals surface area contributed by atoms with E-state index in [2.05, 4.69) is 11.9 Å². The van der Waals surface area contributed by atoms with Crippen LogP contribution in [0.3, 0.4) is 0 Å². The third-order valence-corrected chi connectivity index (χ3v) is 5.43. The second-order valence-electron chi connectivity index (χ2n) is 5.92. The number of carbonyl (C=O) groups is 1. The summed E-state index contributed by atoms with van der Waals surface area (Å²) in [6.07, 6.45) is 1.16. The summed E-state index contributed by atoms with van der Waals surface area (Å²) >= 11 is 1.21. The molecule has 2 aliphatic rings. The highest BCUT2D eigenvalue weighted by atomic mass is 32.1. The van der Waals surface area contributed by atoms with E-state index in [1.54, 1.807) is 17.0 Å². The zero-order valence-electron chi connectivity index (χ0n) is 11.8. The summed E-state index contributed by atoms with van der Waals surface area (Å²) in [7, 11) is 0. The number of thiazole rings is 1. The number of aromatic nitrogens is 1.